The van der Waals surface area contributed by atoms with Crippen molar-refractivity contribution in [2.24, 2.45) is 10.8 Å². The van der Waals surface area contributed by atoms with Crippen LogP contribution >= 0.6 is 0 Å². The molecule has 136 valence electrons. The summed E-state index contributed by atoms with van der Waals surface area (Å²) in [6, 6.07) is 4.41. The van der Waals surface area contributed by atoms with Crippen molar-refractivity contribution in [1.82, 2.24) is 9.88 Å². The highest BCUT2D eigenvalue weighted by molar-refractivity contribution is 5.94. The van der Waals surface area contributed by atoms with Crippen molar-refractivity contribution < 1.29 is 4.79 Å². The zero-order valence-corrected chi connectivity index (χ0v) is 15.9. The van der Waals surface area contributed by atoms with Gasteiger partial charge >= 0.3 is 0 Å². The first-order valence-electron chi connectivity index (χ1n) is 9.87. The topological polar surface area (TPSA) is 36.4 Å². The van der Waals surface area contributed by atoms with E-state index >= 15 is 0 Å². The predicted molar refractivity (Wildman–Crippen MR) is 101 cm³/mol. The van der Waals surface area contributed by atoms with Gasteiger partial charge < -0.3 is 9.80 Å². The quantitative estimate of drug-likeness (QED) is 0.812. The maximum atomic E-state index is 13.1. The molecule has 2 saturated heterocycles. The fourth-order valence-electron chi connectivity index (χ4n) is 5.69. The average Bonchev–Trinajstić information content (AvgIpc) is 2.84. The summed E-state index contributed by atoms with van der Waals surface area (Å²) >= 11 is 0. The van der Waals surface area contributed by atoms with Gasteiger partial charge in [-0.05, 0) is 61.5 Å². The molecule has 1 aromatic rings. The van der Waals surface area contributed by atoms with E-state index in [-0.39, 0.29) is 11.3 Å². The third kappa shape index (κ3) is 3.28. The van der Waals surface area contributed by atoms with Crippen LogP contribution in [0.4, 0.5) is 5.82 Å². The van der Waals surface area contributed by atoms with Crippen LogP contribution < -0.4 is 4.90 Å². The van der Waals surface area contributed by atoms with E-state index in [2.05, 4.69) is 35.6 Å². The Morgan fingerprint density at radius 3 is 2.56 bits per heavy atom. The highest BCUT2D eigenvalue weighted by atomic mass is 16.2. The maximum absolute atomic E-state index is 13.1. The number of amides is 1. The number of fused-ring (bicyclic) bond motifs is 2. The molecule has 2 aliphatic heterocycles. The molecule has 0 radical (unpaired) electrons. The lowest BCUT2D eigenvalue weighted by atomic mass is 9.65. The summed E-state index contributed by atoms with van der Waals surface area (Å²) in [6.07, 6.45) is 9.08. The van der Waals surface area contributed by atoms with Gasteiger partial charge in [0.2, 0.25) is 0 Å². The summed E-state index contributed by atoms with van der Waals surface area (Å²) < 4.78 is 0. The summed E-state index contributed by atoms with van der Waals surface area (Å²) in [5.41, 5.74) is 1.36. The Labute approximate surface area is 151 Å². The molecule has 0 spiro atoms. The molecule has 2 bridgehead atoms. The predicted octanol–water partition coefficient (Wildman–Crippen LogP) is 4.11. The van der Waals surface area contributed by atoms with Crippen molar-refractivity contribution in [3.05, 3.63) is 23.9 Å². The Morgan fingerprint density at radius 2 is 1.88 bits per heavy atom. The van der Waals surface area contributed by atoms with E-state index in [4.69, 9.17) is 0 Å². The van der Waals surface area contributed by atoms with Crippen molar-refractivity contribution in [3.8, 4) is 0 Å². The molecule has 3 heterocycles. The number of anilines is 1. The van der Waals surface area contributed by atoms with Gasteiger partial charge in [-0.25, -0.2) is 4.98 Å². The SMILES string of the molecule is CC1(C)CC2CC(C)(CN2C(=O)c2ccc(N3CCCCC3)nc2)C1. The number of hydrogen-bond donors (Lipinski definition) is 0. The van der Waals surface area contributed by atoms with Crippen LogP contribution in [0.15, 0.2) is 18.3 Å². The van der Waals surface area contributed by atoms with Gasteiger partial charge in [-0.3, -0.25) is 4.79 Å². The summed E-state index contributed by atoms with van der Waals surface area (Å²) in [7, 11) is 0. The Hall–Kier alpha value is -1.58. The molecule has 1 saturated carbocycles. The monoisotopic (exact) mass is 341 g/mol. The van der Waals surface area contributed by atoms with Crippen molar-refractivity contribution in [2.75, 3.05) is 24.5 Å². The van der Waals surface area contributed by atoms with Crippen LogP contribution in [0.2, 0.25) is 0 Å². The second-order valence-electron chi connectivity index (χ2n) is 9.60. The largest absolute Gasteiger partial charge is 0.357 e. The van der Waals surface area contributed by atoms with Gasteiger partial charge in [0, 0.05) is 31.9 Å². The van der Waals surface area contributed by atoms with Gasteiger partial charge in [-0.1, -0.05) is 20.8 Å². The molecule has 4 heteroatoms. The van der Waals surface area contributed by atoms with Crippen LogP contribution in [0.25, 0.3) is 0 Å². The highest BCUT2D eigenvalue weighted by Gasteiger charge is 2.51. The van der Waals surface area contributed by atoms with E-state index in [1.54, 1.807) is 6.20 Å². The first kappa shape index (κ1) is 16.9. The molecule has 4 nitrogen and oxygen atoms in total. The molecule has 3 aliphatic rings. The van der Waals surface area contributed by atoms with Gasteiger partial charge in [-0.2, -0.15) is 0 Å². The first-order valence-corrected chi connectivity index (χ1v) is 9.87. The Bertz CT molecular complexity index is 648. The first-order chi connectivity index (χ1) is 11.9. The van der Waals surface area contributed by atoms with Crippen LogP contribution in [0.1, 0.15) is 69.7 Å². The van der Waals surface area contributed by atoms with Crippen LogP contribution in [-0.4, -0.2) is 41.5 Å². The third-order valence-electron chi connectivity index (χ3n) is 6.35. The molecule has 2 atom stereocenters. The standard InChI is InChI=1S/C21H31N3O/c1-20(2)11-17-12-21(3,14-20)15-24(17)19(25)16-7-8-18(22-13-16)23-9-5-4-6-10-23/h7-8,13,17H,4-6,9-12,14-15H2,1-3H3. The summed E-state index contributed by atoms with van der Waals surface area (Å²) in [5.74, 6) is 1.19. The zero-order chi connectivity index (χ0) is 17.7. The number of hydrogen-bond acceptors (Lipinski definition) is 3. The smallest absolute Gasteiger partial charge is 0.255 e. The molecule has 1 aliphatic carbocycles. The average molecular weight is 341 g/mol. The maximum Gasteiger partial charge on any atom is 0.255 e. The van der Waals surface area contributed by atoms with Crippen molar-refractivity contribution in [1.29, 1.82) is 0 Å². The fraction of sp³-hybridized carbons (Fsp3) is 0.714. The summed E-state index contributed by atoms with van der Waals surface area (Å²) in [5, 5.41) is 0. The Morgan fingerprint density at radius 1 is 1.12 bits per heavy atom. The lowest BCUT2D eigenvalue weighted by Gasteiger charge is -2.39. The zero-order valence-electron chi connectivity index (χ0n) is 15.9. The molecular weight excluding hydrogens is 310 g/mol. The molecule has 1 amide bonds. The number of pyridine rings is 1. The van der Waals surface area contributed by atoms with Crippen molar-refractivity contribution in [3.63, 3.8) is 0 Å². The molecular formula is C21H31N3O. The minimum Gasteiger partial charge on any atom is -0.357 e. The second kappa shape index (κ2) is 6.00. The highest BCUT2D eigenvalue weighted by Crippen LogP contribution is 2.52. The van der Waals surface area contributed by atoms with Crippen molar-refractivity contribution in [2.45, 2.75) is 65.3 Å². The van der Waals surface area contributed by atoms with E-state index in [9.17, 15) is 4.79 Å². The minimum atomic E-state index is 0.170. The summed E-state index contributed by atoms with van der Waals surface area (Å²) in [4.78, 5) is 22.2. The number of nitrogens with zero attached hydrogens (tertiary/aromatic N) is 3. The number of carbonyl (C=O) groups excluding carboxylic acids is 1. The molecule has 4 rings (SSSR count). The number of rotatable bonds is 2. The number of piperidine rings is 1. The Kier molecular flexibility index (Phi) is 4.04. The van der Waals surface area contributed by atoms with E-state index in [1.807, 2.05) is 12.1 Å². The minimum absolute atomic E-state index is 0.170. The normalized spacial score (nSPS) is 31.2. The second-order valence-corrected chi connectivity index (χ2v) is 9.60. The lowest BCUT2D eigenvalue weighted by molar-refractivity contribution is 0.0708. The molecule has 25 heavy (non-hydrogen) atoms. The van der Waals surface area contributed by atoms with E-state index < -0.39 is 0 Å². The number of aromatic nitrogens is 1. The van der Waals surface area contributed by atoms with E-state index in [1.165, 1.54) is 25.7 Å². The van der Waals surface area contributed by atoms with Crippen LogP contribution in [0, 0.1) is 10.8 Å². The van der Waals surface area contributed by atoms with Crippen LogP contribution in [0.5, 0.6) is 0 Å². The van der Waals surface area contributed by atoms with Gasteiger partial charge in [0.1, 0.15) is 5.82 Å². The van der Waals surface area contributed by atoms with Gasteiger partial charge in [0.15, 0.2) is 0 Å². The molecule has 0 N–H and O–H groups in total. The van der Waals surface area contributed by atoms with E-state index in [0.29, 0.717) is 11.5 Å². The third-order valence-corrected chi connectivity index (χ3v) is 6.35. The molecule has 1 aromatic heterocycles. The molecule has 3 fully saturated rings. The number of likely N-dealkylation sites (tertiary alicyclic amines) is 1. The molecule has 2 unspecified atom stereocenters. The van der Waals surface area contributed by atoms with Crippen LogP contribution in [0.3, 0.4) is 0 Å². The summed E-state index contributed by atoms with van der Waals surface area (Å²) in [6.45, 7) is 10.1. The van der Waals surface area contributed by atoms with Crippen molar-refractivity contribution >= 4 is 11.7 Å². The lowest BCUT2D eigenvalue weighted by Crippen LogP contribution is -2.37. The Balaban J connectivity index is 1.49. The van der Waals surface area contributed by atoms with Gasteiger partial charge in [-0.15, -0.1) is 0 Å². The molecule has 0 aromatic carbocycles. The number of carbonyl (C=O) groups is 1. The van der Waals surface area contributed by atoms with Gasteiger partial charge in [0.25, 0.3) is 5.91 Å². The fourth-order valence-corrected chi connectivity index (χ4v) is 5.69. The van der Waals surface area contributed by atoms with E-state index in [0.717, 1.165) is 43.9 Å². The van der Waals surface area contributed by atoms with Gasteiger partial charge in [0.05, 0.1) is 5.56 Å². The van der Waals surface area contributed by atoms with Crippen LogP contribution in [-0.2, 0) is 0 Å².